The summed E-state index contributed by atoms with van der Waals surface area (Å²) in [7, 11) is 2.00. The molecule has 18 heavy (non-hydrogen) atoms. The summed E-state index contributed by atoms with van der Waals surface area (Å²) >= 11 is 0. The molecular formula is C14H13N3O. The van der Waals surface area contributed by atoms with Crippen LogP contribution in [-0.4, -0.2) is 20.2 Å². The van der Waals surface area contributed by atoms with Gasteiger partial charge in [-0.1, -0.05) is 0 Å². The molecule has 4 nitrogen and oxygen atoms in total. The molecule has 0 bridgehead atoms. The van der Waals surface area contributed by atoms with E-state index in [0.29, 0.717) is 5.56 Å². The molecule has 0 aliphatic heterocycles. The van der Waals surface area contributed by atoms with E-state index in [2.05, 4.69) is 22.5 Å². The predicted molar refractivity (Wildman–Crippen MR) is 69.7 cm³/mol. The van der Waals surface area contributed by atoms with E-state index < -0.39 is 0 Å². The maximum Gasteiger partial charge on any atom is 0.151 e. The van der Waals surface area contributed by atoms with E-state index in [4.69, 9.17) is 0 Å². The fourth-order valence-electron chi connectivity index (χ4n) is 2.23. The third kappa shape index (κ3) is 1.54. The van der Waals surface area contributed by atoms with Crippen molar-refractivity contribution in [2.24, 2.45) is 7.05 Å². The Morgan fingerprint density at radius 1 is 1.22 bits per heavy atom. The summed E-state index contributed by atoms with van der Waals surface area (Å²) in [4.78, 5) is 15.3. The number of carbonyl (C=O) groups is 1. The second-order valence-corrected chi connectivity index (χ2v) is 4.43. The number of imidazole rings is 1. The van der Waals surface area contributed by atoms with Gasteiger partial charge in [-0.15, -0.1) is 0 Å². The first-order chi connectivity index (χ1) is 8.69. The van der Waals surface area contributed by atoms with Gasteiger partial charge >= 0.3 is 0 Å². The quantitative estimate of drug-likeness (QED) is 0.644. The molecule has 0 aromatic carbocycles. The van der Waals surface area contributed by atoms with Crippen LogP contribution in [0.3, 0.4) is 0 Å². The lowest BCUT2D eigenvalue weighted by Gasteiger charge is -2.00. The number of hydrogen-bond acceptors (Lipinski definition) is 2. The Bertz CT molecular complexity index is 717. The van der Waals surface area contributed by atoms with E-state index >= 15 is 0 Å². The summed E-state index contributed by atoms with van der Waals surface area (Å²) in [6.07, 6.45) is 6.60. The lowest BCUT2D eigenvalue weighted by atomic mass is 10.2. The second-order valence-electron chi connectivity index (χ2n) is 4.43. The Labute approximate surface area is 105 Å². The molecule has 0 atom stereocenters. The molecule has 4 heteroatoms. The summed E-state index contributed by atoms with van der Waals surface area (Å²) in [5, 5.41) is 0. The van der Waals surface area contributed by atoms with Gasteiger partial charge < -0.3 is 8.97 Å². The van der Waals surface area contributed by atoms with Gasteiger partial charge in [-0.2, -0.15) is 0 Å². The van der Waals surface area contributed by atoms with Gasteiger partial charge in [-0.25, -0.2) is 4.98 Å². The number of pyridine rings is 1. The largest absolute Gasteiger partial charge is 0.349 e. The summed E-state index contributed by atoms with van der Waals surface area (Å²) in [5.41, 5.74) is 4.71. The van der Waals surface area contributed by atoms with Crippen LogP contribution in [0.2, 0.25) is 0 Å². The molecule has 0 fully saturated rings. The van der Waals surface area contributed by atoms with E-state index in [-0.39, 0.29) is 0 Å². The van der Waals surface area contributed by atoms with E-state index in [0.717, 1.165) is 23.3 Å². The van der Waals surface area contributed by atoms with Gasteiger partial charge in [0.2, 0.25) is 0 Å². The molecule has 90 valence electrons. The third-order valence-electron chi connectivity index (χ3n) is 3.13. The second kappa shape index (κ2) is 3.84. The molecule has 0 amide bonds. The normalized spacial score (nSPS) is 11.0. The molecule has 0 unspecified atom stereocenters. The minimum atomic E-state index is 0.648. The number of nitrogens with zero attached hydrogens (tertiary/aromatic N) is 3. The Balaban J connectivity index is 2.22. The van der Waals surface area contributed by atoms with Crippen LogP contribution < -0.4 is 0 Å². The van der Waals surface area contributed by atoms with Crippen molar-refractivity contribution >= 4 is 11.9 Å². The lowest BCUT2D eigenvalue weighted by molar-refractivity contribution is 0.112. The first-order valence-electron chi connectivity index (χ1n) is 5.75. The molecule has 0 spiro atoms. The minimum absolute atomic E-state index is 0.648. The summed E-state index contributed by atoms with van der Waals surface area (Å²) in [5.74, 6) is 0. The number of hydrogen-bond donors (Lipinski definition) is 0. The zero-order valence-electron chi connectivity index (χ0n) is 10.3. The Kier molecular flexibility index (Phi) is 2.30. The van der Waals surface area contributed by atoms with Crippen molar-refractivity contribution in [2.45, 2.75) is 6.92 Å². The molecule has 0 aliphatic rings. The zero-order chi connectivity index (χ0) is 12.7. The van der Waals surface area contributed by atoms with Crippen molar-refractivity contribution in [1.29, 1.82) is 0 Å². The highest BCUT2D eigenvalue weighted by Gasteiger charge is 2.10. The number of aryl methyl sites for hydroxylation is 2. The molecular weight excluding hydrogens is 226 g/mol. The van der Waals surface area contributed by atoms with Crippen molar-refractivity contribution in [3.8, 4) is 11.4 Å². The van der Waals surface area contributed by atoms with Crippen molar-refractivity contribution in [2.75, 3.05) is 0 Å². The molecule has 0 N–H and O–H groups in total. The Morgan fingerprint density at radius 3 is 2.72 bits per heavy atom. The first kappa shape index (κ1) is 10.8. The van der Waals surface area contributed by atoms with Crippen LogP contribution in [0.25, 0.3) is 17.0 Å². The predicted octanol–water partition coefficient (Wildman–Crippen LogP) is 2.46. The molecule has 3 rings (SSSR count). The van der Waals surface area contributed by atoms with Gasteiger partial charge in [-0.05, 0) is 30.7 Å². The summed E-state index contributed by atoms with van der Waals surface area (Å²) in [6.45, 7) is 2.07. The SMILES string of the molecule is Cc1ccn(C)c1-c1cn2cc(C=O)ccc2n1. The van der Waals surface area contributed by atoms with Gasteiger partial charge in [0.1, 0.15) is 11.3 Å². The van der Waals surface area contributed by atoms with Crippen LogP contribution in [0, 0.1) is 6.92 Å². The topological polar surface area (TPSA) is 39.3 Å². The van der Waals surface area contributed by atoms with Gasteiger partial charge in [0.05, 0.1) is 5.69 Å². The fourth-order valence-corrected chi connectivity index (χ4v) is 2.23. The highest BCUT2D eigenvalue weighted by molar-refractivity contribution is 5.75. The Morgan fingerprint density at radius 2 is 2.06 bits per heavy atom. The van der Waals surface area contributed by atoms with Crippen LogP contribution in [0.4, 0.5) is 0 Å². The van der Waals surface area contributed by atoms with Crippen LogP contribution in [0.15, 0.2) is 36.8 Å². The number of fused-ring (bicyclic) bond motifs is 1. The minimum Gasteiger partial charge on any atom is -0.349 e. The van der Waals surface area contributed by atoms with E-state index in [1.165, 1.54) is 5.56 Å². The highest BCUT2D eigenvalue weighted by atomic mass is 16.1. The van der Waals surface area contributed by atoms with Crippen molar-refractivity contribution < 1.29 is 4.79 Å². The standard InChI is InChI=1S/C14H13N3O/c1-10-5-6-16(2)14(10)12-8-17-7-11(9-18)3-4-13(17)15-12/h3-9H,1-2H3. The maximum atomic E-state index is 10.8. The third-order valence-corrected chi connectivity index (χ3v) is 3.13. The average molecular weight is 239 g/mol. The Hall–Kier alpha value is -2.36. The summed E-state index contributed by atoms with van der Waals surface area (Å²) in [6, 6.07) is 5.69. The van der Waals surface area contributed by atoms with Crippen LogP contribution in [0.1, 0.15) is 15.9 Å². The van der Waals surface area contributed by atoms with Crippen LogP contribution in [-0.2, 0) is 7.05 Å². The van der Waals surface area contributed by atoms with Gasteiger partial charge in [0.15, 0.2) is 6.29 Å². The molecule has 0 saturated carbocycles. The zero-order valence-corrected chi connectivity index (χ0v) is 10.3. The number of aldehydes is 1. The number of aromatic nitrogens is 3. The van der Waals surface area contributed by atoms with E-state index in [1.54, 1.807) is 12.3 Å². The lowest BCUT2D eigenvalue weighted by Crippen LogP contribution is -1.90. The molecule has 3 heterocycles. The van der Waals surface area contributed by atoms with E-state index in [1.807, 2.05) is 29.9 Å². The summed E-state index contributed by atoms with van der Waals surface area (Å²) < 4.78 is 3.93. The van der Waals surface area contributed by atoms with Crippen molar-refractivity contribution in [1.82, 2.24) is 14.0 Å². The number of rotatable bonds is 2. The van der Waals surface area contributed by atoms with Crippen molar-refractivity contribution in [3.63, 3.8) is 0 Å². The number of carbonyl (C=O) groups excluding carboxylic acids is 1. The van der Waals surface area contributed by atoms with Gasteiger partial charge in [0, 0.05) is 31.2 Å². The molecule has 0 radical (unpaired) electrons. The van der Waals surface area contributed by atoms with Crippen LogP contribution in [0.5, 0.6) is 0 Å². The first-order valence-corrected chi connectivity index (χ1v) is 5.75. The smallest absolute Gasteiger partial charge is 0.151 e. The van der Waals surface area contributed by atoms with E-state index in [9.17, 15) is 4.79 Å². The van der Waals surface area contributed by atoms with Crippen molar-refractivity contribution in [3.05, 3.63) is 47.9 Å². The molecule has 3 aromatic rings. The average Bonchev–Trinajstić information content (AvgIpc) is 2.91. The van der Waals surface area contributed by atoms with Gasteiger partial charge in [0.25, 0.3) is 0 Å². The highest BCUT2D eigenvalue weighted by Crippen LogP contribution is 2.23. The maximum absolute atomic E-state index is 10.8. The fraction of sp³-hybridized carbons (Fsp3) is 0.143. The molecule has 0 saturated heterocycles. The van der Waals surface area contributed by atoms with Crippen LogP contribution >= 0.6 is 0 Å². The van der Waals surface area contributed by atoms with Gasteiger partial charge in [-0.3, -0.25) is 4.79 Å². The molecule has 0 aliphatic carbocycles. The monoisotopic (exact) mass is 239 g/mol. The molecule has 3 aromatic heterocycles.